The quantitative estimate of drug-likeness (QED) is 0.541. The molecule has 0 aliphatic heterocycles. The lowest BCUT2D eigenvalue weighted by atomic mass is 10.1. The van der Waals surface area contributed by atoms with Crippen LogP contribution in [0.4, 0.5) is 0 Å². The van der Waals surface area contributed by atoms with Crippen LogP contribution in [-0.2, 0) is 16.1 Å². The molecule has 6 nitrogen and oxygen atoms in total. The molecule has 136 valence electrons. The smallest absolute Gasteiger partial charge is 0.331 e. The molecule has 0 aliphatic rings. The van der Waals surface area contributed by atoms with Gasteiger partial charge in [-0.3, -0.25) is 4.79 Å². The molecular weight excluding hydrogens is 342 g/mol. The van der Waals surface area contributed by atoms with Crippen molar-refractivity contribution in [3.8, 4) is 5.69 Å². The molecule has 0 aliphatic carbocycles. The fraction of sp³-hybridized carbons (Fsp3) is 0.0952. The molecule has 0 saturated heterocycles. The molecule has 0 spiro atoms. The second-order valence-electron chi connectivity index (χ2n) is 5.76. The average molecular weight is 361 g/mol. The van der Waals surface area contributed by atoms with Crippen LogP contribution in [0, 0.1) is 0 Å². The van der Waals surface area contributed by atoms with Crippen LogP contribution in [0.15, 0.2) is 73.1 Å². The molecule has 2 aromatic carbocycles. The Morgan fingerprint density at radius 2 is 1.85 bits per heavy atom. The van der Waals surface area contributed by atoms with Crippen molar-refractivity contribution in [2.45, 2.75) is 6.61 Å². The Morgan fingerprint density at radius 3 is 2.48 bits per heavy atom. The van der Waals surface area contributed by atoms with Gasteiger partial charge in [0, 0.05) is 31.1 Å². The highest BCUT2D eigenvalue weighted by atomic mass is 16.5. The Bertz CT molecular complexity index is 928. The van der Waals surface area contributed by atoms with Crippen molar-refractivity contribution in [1.29, 1.82) is 0 Å². The van der Waals surface area contributed by atoms with Gasteiger partial charge < -0.3 is 10.1 Å². The lowest BCUT2D eigenvalue weighted by Crippen LogP contribution is -2.17. The van der Waals surface area contributed by atoms with E-state index in [1.807, 2.05) is 36.5 Å². The average Bonchev–Trinajstić information content (AvgIpc) is 3.26. The zero-order valence-electron chi connectivity index (χ0n) is 14.8. The Balaban J connectivity index is 1.52. The molecule has 1 aromatic heterocycles. The van der Waals surface area contributed by atoms with Crippen molar-refractivity contribution in [1.82, 2.24) is 15.1 Å². The van der Waals surface area contributed by atoms with E-state index in [1.165, 1.54) is 6.08 Å². The van der Waals surface area contributed by atoms with E-state index in [1.54, 1.807) is 48.3 Å². The van der Waals surface area contributed by atoms with Gasteiger partial charge in [0.05, 0.1) is 5.69 Å². The summed E-state index contributed by atoms with van der Waals surface area (Å²) in [6.07, 6.45) is 6.60. The molecule has 3 aromatic rings. The first-order chi connectivity index (χ1) is 13.2. The van der Waals surface area contributed by atoms with Crippen molar-refractivity contribution < 1.29 is 14.3 Å². The Morgan fingerprint density at radius 1 is 1.11 bits per heavy atom. The normalized spacial score (nSPS) is 10.7. The second kappa shape index (κ2) is 8.62. The molecule has 0 fully saturated rings. The Kier molecular flexibility index (Phi) is 5.79. The van der Waals surface area contributed by atoms with Crippen LogP contribution in [0.5, 0.6) is 0 Å². The summed E-state index contributed by atoms with van der Waals surface area (Å²) in [4.78, 5) is 23.4. The van der Waals surface area contributed by atoms with Crippen molar-refractivity contribution >= 4 is 18.0 Å². The Hall–Kier alpha value is -3.67. The first kappa shape index (κ1) is 18.1. The number of benzene rings is 2. The van der Waals surface area contributed by atoms with Crippen LogP contribution in [0.25, 0.3) is 11.8 Å². The van der Waals surface area contributed by atoms with E-state index >= 15 is 0 Å². The number of hydrogen-bond donors (Lipinski definition) is 1. The lowest BCUT2D eigenvalue weighted by molar-refractivity contribution is -0.138. The van der Waals surface area contributed by atoms with E-state index < -0.39 is 5.97 Å². The van der Waals surface area contributed by atoms with Crippen molar-refractivity contribution in [3.05, 3.63) is 89.8 Å². The van der Waals surface area contributed by atoms with E-state index in [0.29, 0.717) is 5.56 Å². The summed E-state index contributed by atoms with van der Waals surface area (Å²) in [6, 6.07) is 16.4. The molecule has 0 radical (unpaired) electrons. The Labute approximate surface area is 157 Å². The monoisotopic (exact) mass is 361 g/mol. The zero-order valence-corrected chi connectivity index (χ0v) is 14.8. The van der Waals surface area contributed by atoms with Crippen molar-refractivity contribution in [2.24, 2.45) is 0 Å². The number of carbonyl (C=O) groups excluding carboxylic acids is 2. The van der Waals surface area contributed by atoms with E-state index in [0.717, 1.165) is 16.8 Å². The molecule has 0 saturated carbocycles. The molecule has 0 unspecified atom stereocenters. The summed E-state index contributed by atoms with van der Waals surface area (Å²) in [5.74, 6) is -0.579. The van der Waals surface area contributed by atoms with Crippen LogP contribution in [0.2, 0.25) is 0 Å². The number of rotatable bonds is 6. The van der Waals surface area contributed by atoms with Crippen LogP contribution < -0.4 is 5.32 Å². The summed E-state index contributed by atoms with van der Waals surface area (Å²) >= 11 is 0. The number of hydrogen-bond acceptors (Lipinski definition) is 4. The lowest BCUT2D eigenvalue weighted by Gasteiger charge is -2.05. The van der Waals surface area contributed by atoms with Crippen molar-refractivity contribution in [3.63, 3.8) is 0 Å². The SMILES string of the molecule is CNC(=O)c1ccc(/C=C/C(=O)OCc2ccc(-n3cccn3)cc2)cc1. The fourth-order valence-corrected chi connectivity index (χ4v) is 2.42. The van der Waals surface area contributed by atoms with E-state index in [4.69, 9.17) is 4.74 Å². The highest BCUT2D eigenvalue weighted by Gasteiger charge is 2.03. The molecular formula is C21H19N3O3. The second-order valence-corrected chi connectivity index (χ2v) is 5.76. The van der Waals surface area contributed by atoms with Gasteiger partial charge >= 0.3 is 5.97 Å². The molecule has 27 heavy (non-hydrogen) atoms. The molecule has 1 amide bonds. The third-order valence-electron chi connectivity index (χ3n) is 3.90. The summed E-state index contributed by atoms with van der Waals surface area (Å²) in [7, 11) is 1.58. The van der Waals surface area contributed by atoms with Gasteiger partial charge in [-0.15, -0.1) is 0 Å². The topological polar surface area (TPSA) is 73.2 Å². The van der Waals surface area contributed by atoms with E-state index in [9.17, 15) is 9.59 Å². The van der Waals surface area contributed by atoms with Crippen LogP contribution in [0.3, 0.4) is 0 Å². The number of esters is 1. The number of ether oxygens (including phenoxy) is 1. The molecule has 1 heterocycles. The van der Waals surface area contributed by atoms with Gasteiger partial charge in [-0.1, -0.05) is 24.3 Å². The predicted octanol–water partition coefficient (Wildman–Crippen LogP) is 2.99. The maximum absolute atomic E-state index is 11.9. The number of aromatic nitrogens is 2. The third kappa shape index (κ3) is 4.92. The minimum Gasteiger partial charge on any atom is -0.458 e. The summed E-state index contributed by atoms with van der Waals surface area (Å²) in [6.45, 7) is 0.193. The first-order valence-corrected chi connectivity index (χ1v) is 8.41. The first-order valence-electron chi connectivity index (χ1n) is 8.41. The van der Waals surface area contributed by atoms with Gasteiger partial charge in [0.1, 0.15) is 6.61 Å². The molecule has 6 heteroatoms. The molecule has 1 N–H and O–H groups in total. The van der Waals surface area contributed by atoms with Gasteiger partial charge in [0.25, 0.3) is 5.91 Å². The largest absolute Gasteiger partial charge is 0.458 e. The zero-order chi connectivity index (χ0) is 19.1. The maximum atomic E-state index is 11.9. The van der Waals surface area contributed by atoms with Gasteiger partial charge in [-0.05, 0) is 47.5 Å². The summed E-state index contributed by atoms with van der Waals surface area (Å²) in [5, 5.41) is 6.72. The summed E-state index contributed by atoms with van der Waals surface area (Å²) in [5.41, 5.74) is 3.21. The highest BCUT2D eigenvalue weighted by molar-refractivity contribution is 5.94. The van der Waals surface area contributed by atoms with Crippen LogP contribution in [-0.4, -0.2) is 28.7 Å². The van der Waals surface area contributed by atoms with Crippen LogP contribution in [0.1, 0.15) is 21.5 Å². The van der Waals surface area contributed by atoms with Gasteiger partial charge in [0.2, 0.25) is 0 Å². The molecule has 0 bridgehead atoms. The third-order valence-corrected chi connectivity index (χ3v) is 3.90. The van der Waals surface area contributed by atoms with Crippen LogP contribution >= 0.6 is 0 Å². The molecule has 0 atom stereocenters. The van der Waals surface area contributed by atoms with Gasteiger partial charge in [-0.2, -0.15) is 5.10 Å². The highest BCUT2D eigenvalue weighted by Crippen LogP contribution is 2.10. The van der Waals surface area contributed by atoms with Gasteiger partial charge in [0.15, 0.2) is 0 Å². The molecule has 3 rings (SSSR count). The predicted molar refractivity (Wildman–Crippen MR) is 102 cm³/mol. The standard InChI is InChI=1S/C21H19N3O3/c1-22-21(26)18-8-3-16(4-9-18)7-12-20(25)27-15-17-5-10-19(11-6-17)24-14-2-13-23-24/h2-14H,15H2,1H3,(H,22,26)/b12-7+. The van der Waals surface area contributed by atoms with Crippen molar-refractivity contribution in [2.75, 3.05) is 7.05 Å². The minimum atomic E-state index is -0.429. The van der Waals surface area contributed by atoms with Gasteiger partial charge in [-0.25, -0.2) is 9.48 Å². The number of nitrogens with one attached hydrogen (secondary N) is 1. The number of amides is 1. The number of nitrogens with zero attached hydrogens (tertiary/aromatic N) is 2. The summed E-state index contributed by atoms with van der Waals surface area (Å²) < 4.78 is 7.01. The number of carbonyl (C=O) groups is 2. The fourth-order valence-electron chi connectivity index (χ4n) is 2.42. The van der Waals surface area contributed by atoms with E-state index in [-0.39, 0.29) is 12.5 Å². The van der Waals surface area contributed by atoms with E-state index in [2.05, 4.69) is 10.4 Å². The maximum Gasteiger partial charge on any atom is 0.331 e. The minimum absolute atomic E-state index is 0.150.